The van der Waals surface area contributed by atoms with Gasteiger partial charge >= 0.3 is 0 Å². The molecule has 21 heavy (non-hydrogen) atoms. The Morgan fingerprint density at radius 2 is 2.05 bits per heavy atom. The second-order valence-corrected chi connectivity index (χ2v) is 5.34. The minimum Gasteiger partial charge on any atom is -0.321 e. The molecule has 0 spiro atoms. The van der Waals surface area contributed by atoms with Gasteiger partial charge in [-0.3, -0.25) is 9.78 Å². The highest BCUT2D eigenvalue weighted by atomic mass is 79.9. The first-order chi connectivity index (χ1) is 10.1. The Labute approximate surface area is 128 Å². The molecule has 0 aliphatic carbocycles. The summed E-state index contributed by atoms with van der Waals surface area (Å²) in [4.78, 5) is 16.4. The van der Waals surface area contributed by atoms with Crippen molar-refractivity contribution in [1.82, 2.24) is 4.98 Å². The van der Waals surface area contributed by atoms with Crippen molar-refractivity contribution < 1.29 is 9.18 Å². The van der Waals surface area contributed by atoms with Gasteiger partial charge in [-0.2, -0.15) is 0 Å². The zero-order valence-electron chi connectivity index (χ0n) is 10.8. The largest absolute Gasteiger partial charge is 0.321 e. The fourth-order valence-corrected chi connectivity index (χ4v) is 2.52. The van der Waals surface area contributed by atoms with Crippen LogP contribution in [0.25, 0.3) is 10.8 Å². The second kappa shape index (κ2) is 5.61. The average molecular weight is 345 g/mol. The number of carbonyl (C=O) groups excluding carboxylic acids is 1. The fraction of sp³-hybridized carbons (Fsp3) is 0. The van der Waals surface area contributed by atoms with E-state index in [1.165, 1.54) is 18.2 Å². The molecule has 0 atom stereocenters. The van der Waals surface area contributed by atoms with Gasteiger partial charge in [-0.1, -0.05) is 12.1 Å². The second-order valence-electron chi connectivity index (χ2n) is 4.48. The number of halogens is 2. The van der Waals surface area contributed by atoms with Crippen LogP contribution in [-0.4, -0.2) is 10.9 Å². The summed E-state index contributed by atoms with van der Waals surface area (Å²) in [6.07, 6.45) is 3.39. The molecule has 0 unspecified atom stereocenters. The van der Waals surface area contributed by atoms with Gasteiger partial charge in [-0.25, -0.2) is 4.39 Å². The Morgan fingerprint density at radius 1 is 1.19 bits per heavy atom. The first-order valence-electron chi connectivity index (χ1n) is 6.24. The van der Waals surface area contributed by atoms with Gasteiger partial charge in [0.2, 0.25) is 0 Å². The maximum Gasteiger partial charge on any atom is 0.256 e. The van der Waals surface area contributed by atoms with Gasteiger partial charge in [0.05, 0.1) is 5.56 Å². The zero-order valence-corrected chi connectivity index (χ0v) is 12.4. The van der Waals surface area contributed by atoms with Crippen LogP contribution in [0.4, 0.5) is 10.1 Å². The monoisotopic (exact) mass is 344 g/mol. The van der Waals surface area contributed by atoms with E-state index in [9.17, 15) is 9.18 Å². The SMILES string of the molecule is O=C(Nc1cccc2cnccc12)c1cc(F)ccc1Br. The number of pyridine rings is 1. The standard InChI is InChI=1S/C16H10BrFN2O/c17-14-5-4-11(18)8-13(14)16(21)20-15-3-1-2-10-9-19-7-6-12(10)15/h1-9H,(H,20,21). The molecule has 1 N–H and O–H groups in total. The lowest BCUT2D eigenvalue weighted by Gasteiger charge is -2.09. The maximum absolute atomic E-state index is 13.3. The molecule has 0 fully saturated rings. The fourth-order valence-electron chi connectivity index (χ4n) is 2.09. The first-order valence-corrected chi connectivity index (χ1v) is 7.03. The number of rotatable bonds is 2. The Morgan fingerprint density at radius 3 is 2.90 bits per heavy atom. The van der Waals surface area contributed by atoms with Crippen molar-refractivity contribution in [3.63, 3.8) is 0 Å². The molecular formula is C16H10BrFN2O. The van der Waals surface area contributed by atoms with E-state index in [-0.39, 0.29) is 11.5 Å². The summed E-state index contributed by atoms with van der Waals surface area (Å²) < 4.78 is 13.8. The van der Waals surface area contributed by atoms with Gasteiger partial charge in [0.25, 0.3) is 5.91 Å². The Balaban J connectivity index is 1.99. The molecule has 0 saturated carbocycles. The first kappa shape index (κ1) is 13.7. The predicted molar refractivity (Wildman–Crippen MR) is 83.8 cm³/mol. The third-order valence-corrected chi connectivity index (χ3v) is 3.79. The number of hydrogen-bond donors (Lipinski definition) is 1. The van der Waals surface area contributed by atoms with E-state index in [0.717, 1.165) is 10.8 Å². The van der Waals surface area contributed by atoms with Crippen molar-refractivity contribution in [2.24, 2.45) is 0 Å². The van der Waals surface area contributed by atoms with Crippen LogP contribution in [0.3, 0.4) is 0 Å². The van der Waals surface area contributed by atoms with Crippen LogP contribution in [0.2, 0.25) is 0 Å². The van der Waals surface area contributed by atoms with Gasteiger partial charge in [-0.15, -0.1) is 0 Å². The van der Waals surface area contributed by atoms with Crippen molar-refractivity contribution in [2.75, 3.05) is 5.32 Å². The Bertz CT molecular complexity index is 830. The van der Waals surface area contributed by atoms with Crippen LogP contribution >= 0.6 is 15.9 Å². The molecule has 0 saturated heterocycles. The van der Waals surface area contributed by atoms with Crippen LogP contribution in [0.15, 0.2) is 59.3 Å². The lowest BCUT2D eigenvalue weighted by Crippen LogP contribution is -2.13. The number of benzene rings is 2. The summed E-state index contributed by atoms with van der Waals surface area (Å²) in [5.74, 6) is -0.823. The molecule has 1 amide bonds. The van der Waals surface area contributed by atoms with Crippen molar-refractivity contribution in [3.05, 3.63) is 70.7 Å². The lowest BCUT2D eigenvalue weighted by molar-refractivity contribution is 0.102. The van der Waals surface area contributed by atoms with E-state index in [1.807, 2.05) is 18.2 Å². The van der Waals surface area contributed by atoms with Crippen LogP contribution in [-0.2, 0) is 0 Å². The number of anilines is 1. The van der Waals surface area contributed by atoms with Crippen molar-refractivity contribution >= 4 is 38.3 Å². The number of amides is 1. The maximum atomic E-state index is 13.3. The van der Waals surface area contributed by atoms with Crippen molar-refractivity contribution in [3.8, 4) is 0 Å². The minimum absolute atomic E-state index is 0.251. The van der Waals surface area contributed by atoms with E-state index in [4.69, 9.17) is 0 Å². The molecule has 3 aromatic rings. The molecule has 0 radical (unpaired) electrons. The summed E-state index contributed by atoms with van der Waals surface area (Å²) in [5.41, 5.74) is 0.914. The quantitative estimate of drug-likeness (QED) is 0.749. The van der Waals surface area contributed by atoms with Gasteiger partial charge in [0, 0.05) is 33.3 Å². The van der Waals surface area contributed by atoms with Crippen molar-refractivity contribution in [2.45, 2.75) is 0 Å². The molecule has 0 aliphatic rings. The highest BCUT2D eigenvalue weighted by Gasteiger charge is 2.12. The number of nitrogens with zero attached hydrogens (tertiary/aromatic N) is 1. The van der Waals surface area contributed by atoms with E-state index >= 15 is 0 Å². The lowest BCUT2D eigenvalue weighted by atomic mass is 10.1. The number of aromatic nitrogens is 1. The minimum atomic E-state index is -0.453. The van der Waals surface area contributed by atoms with Crippen LogP contribution < -0.4 is 5.32 Å². The number of hydrogen-bond acceptors (Lipinski definition) is 2. The van der Waals surface area contributed by atoms with E-state index in [0.29, 0.717) is 10.2 Å². The van der Waals surface area contributed by atoms with Crippen molar-refractivity contribution in [1.29, 1.82) is 0 Å². The molecular weight excluding hydrogens is 335 g/mol. The molecule has 3 rings (SSSR count). The number of fused-ring (bicyclic) bond motifs is 1. The summed E-state index contributed by atoms with van der Waals surface area (Å²) in [6, 6.07) is 11.4. The molecule has 0 bridgehead atoms. The third kappa shape index (κ3) is 2.78. The highest BCUT2D eigenvalue weighted by molar-refractivity contribution is 9.10. The smallest absolute Gasteiger partial charge is 0.256 e. The van der Waals surface area contributed by atoms with Gasteiger partial charge < -0.3 is 5.32 Å². The van der Waals surface area contributed by atoms with Crippen LogP contribution in [0, 0.1) is 5.82 Å². The molecule has 2 aromatic carbocycles. The Kier molecular flexibility index (Phi) is 3.66. The summed E-state index contributed by atoms with van der Waals surface area (Å²) >= 11 is 3.26. The molecule has 3 nitrogen and oxygen atoms in total. The number of nitrogens with one attached hydrogen (secondary N) is 1. The molecule has 104 valence electrons. The van der Waals surface area contributed by atoms with Gasteiger partial charge in [0.1, 0.15) is 5.82 Å². The molecule has 1 aromatic heterocycles. The molecule has 5 heteroatoms. The summed E-state index contributed by atoms with van der Waals surface area (Å²) in [5, 5.41) is 4.61. The predicted octanol–water partition coefficient (Wildman–Crippen LogP) is 4.39. The summed E-state index contributed by atoms with van der Waals surface area (Å²) in [7, 11) is 0. The normalized spacial score (nSPS) is 10.6. The van der Waals surface area contributed by atoms with E-state index in [1.54, 1.807) is 18.5 Å². The highest BCUT2D eigenvalue weighted by Crippen LogP contribution is 2.24. The Hall–Kier alpha value is -2.27. The number of carbonyl (C=O) groups is 1. The van der Waals surface area contributed by atoms with Gasteiger partial charge in [-0.05, 0) is 46.3 Å². The molecule has 1 heterocycles. The summed E-state index contributed by atoms with van der Waals surface area (Å²) in [6.45, 7) is 0. The molecule has 0 aliphatic heterocycles. The average Bonchev–Trinajstić information content (AvgIpc) is 2.50. The van der Waals surface area contributed by atoms with Gasteiger partial charge in [0.15, 0.2) is 0 Å². The zero-order chi connectivity index (χ0) is 14.8. The third-order valence-electron chi connectivity index (χ3n) is 3.10. The topological polar surface area (TPSA) is 42.0 Å². The van der Waals surface area contributed by atoms with E-state index < -0.39 is 5.82 Å². The van der Waals surface area contributed by atoms with Crippen LogP contribution in [0.5, 0.6) is 0 Å². The van der Waals surface area contributed by atoms with E-state index in [2.05, 4.69) is 26.2 Å². The van der Waals surface area contributed by atoms with Crippen LogP contribution in [0.1, 0.15) is 10.4 Å².